The largest absolute Gasteiger partial charge is 0.497 e. The number of hydrogen-bond acceptors (Lipinski definition) is 5. The SMILES string of the molecule is CCNC(=O)C(CC)N(Cc1ccc(OC)cc1)C(=O)CN(c1ccc(C)c(Cl)c1)S(C)(=O)=O. The first-order valence-electron chi connectivity index (χ1n) is 11.0. The number of hydrogen-bond donors (Lipinski definition) is 1. The van der Waals surface area contributed by atoms with E-state index in [1.807, 2.05) is 6.92 Å². The molecule has 0 radical (unpaired) electrons. The van der Waals surface area contributed by atoms with Gasteiger partial charge in [0, 0.05) is 18.1 Å². The van der Waals surface area contributed by atoms with Gasteiger partial charge in [0.2, 0.25) is 21.8 Å². The number of methoxy groups -OCH3 is 1. The van der Waals surface area contributed by atoms with Crippen molar-refractivity contribution in [2.24, 2.45) is 0 Å². The van der Waals surface area contributed by atoms with Gasteiger partial charge < -0.3 is 15.0 Å². The molecule has 0 aliphatic heterocycles. The number of amides is 2. The second kappa shape index (κ2) is 12.1. The highest BCUT2D eigenvalue weighted by molar-refractivity contribution is 7.92. The van der Waals surface area contributed by atoms with E-state index in [-0.39, 0.29) is 18.1 Å². The topological polar surface area (TPSA) is 96.0 Å². The van der Waals surface area contributed by atoms with Crippen molar-refractivity contribution in [3.63, 3.8) is 0 Å². The van der Waals surface area contributed by atoms with E-state index >= 15 is 0 Å². The van der Waals surface area contributed by atoms with Gasteiger partial charge in [-0.1, -0.05) is 36.7 Å². The Morgan fingerprint density at radius 2 is 1.76 bits per heavy atom. The smallest absolute Gasteiger partial charge is 0.244 e. The van der Waals surface area contributed by atoms with Crippen molar-refractivity contribution >= 4 is 39.1 Å². The molecule has 8 nitrogen and oxygen atoms in total. The number of likely N-dealkylation sites (N-methyl/N-ethyl adjacent to an activating group) is 1. The van der Waals surface area contributed by atoms with Gasteiger partial charge in [-0.15, -0.1) is 0 Å². The molecule has 186 valence electrons. The molecule has 0 fully saturated rings. The second-order valence-corrected chi connectivity index (χ2v) is 10.2. The van der Waals surface area contributed by atoms with Gasteiger partial charge in [0.25, 0.3) is 0 Å². The first-order valence-corrected chi connectivity index (χ1v) is 13.2. The van der Waals surface area contributed by atoms with Gasteiger partial charge in [-0.05, 0) is 55.7 Å². The minimum Gasteiger partial charge on any atom is -0.497 e. The number of carbonyl (C=O) groups is 2. The van der Waals surface area contributed by atoms with Crippen LogP contribution in [0.2, 0.25) is 5.02 Å². The fourth-order valence-electron chi connectivity index (χ4n) is 3.49. The Morgan fingerprint density at radius 1 is 1.12 bits per heavy atom. The maximum Gasteiger partial charge on any atom is 0.244 e. The van der Waals surface area contributed by atoms with Crippen LogP contribution in [-0.2, 0) is 26.2 Å². The second-order valence-electron chi connectivity index (χ2n) is 7.89. The molecule has 1 atom stereocenters. The van der Waals surface area contributed by atoms with E-state index in [2.05, 4.69) is 5.32 Å². The number of benzene rings is 2. The van der Waals surface area contributed by atoms with E-state index in [0.717, 1.165) is 21.7 Å². The molecule has 0 spiro atoms. The van der Waals surface area contributed by atoms with Crippen LogP contribution in [0.3, 0.4) is 0 Å². The molecule has 2 aromatic carbocycles. The van der Waals surface area contributed by atoms with E-state index in [0.29, 0.717) is 23.7 Å². The number of nitrogens with one attached hydrogen (secondary N) is 1. The van der Waals surface area contributed by atoms with Crippen molar-refractivity contribution in [3.05, 3.63) is 58.6 Å². The predicted octanol–water partition coefficient (Wildman–Crippen LogP) is 3.37. The molecule has 1 N–H and O–H groups in total. The van der Waals surface area contributed by atoms with Crippen LogP contribution in [0, 0.1) is 6.92 Å². The van der Waals surface area contributed by atoms with E-state index in [9.17, 15) is 18.0 Å². The third-order valence-corrected chi connectivity index (χ3v) is 6.92. The summed E-state index contributed by atoms with van der Waals surface area (Å²) in [6.45, 7) is 5.48. The van der Waals surface area contributed by atoms with Crippen LogP contribution in [0.25, 0.3) is 0 Å². The van der Waals surface area contributed by atoms with Crippen LogP contribution >= 0.6 is 11.6 Å². The minimum atomic E-state index is -3.81. The molecular formula is C24H32ClN3O5S. The molecule has 0 saturated heterocycles. The molecule has 0 saturated carbocycles. The highest BCUT2D eigenvalue weighted by Crippen LogP contribution is 2.25. The molecular weight excluding hydrogens is 478 g/mol. The first-order chi connectivity index (χ1) is 16.0. The highest BCUT2D eigenvalue weighted by atomic mass is 35.5. The van der Waals surface area contributed by atoms with E-state index < -0.39 is 28.5 Å². The van der Waals surface area contributed by atoms with Gasteiger partial charge in [0.05, 0.1) is 19.1 Å². The zero-order valence-electron chi connectivity index (χ0n) is 20.2. The maximum atomic E-state index is 13.5. The fraction of sp³-hybridized carbons (Fsp3) is 0.417. The monoisotopic (exact) mass is 509 g/mol. The van der Waals surface area contributed by atoms with Crippen LogP contribution < -0.4 is 14.4 Å². The number of rotatable bonds is 11. The summed E-state index contributed by atoms with van der Waals surface area (Å²) < 4.78 is 31.4. The molecule has 2 aromatic rings. The number of aryl methyl sites for hydroxylation is 1. The van der Waals surface area contributed by atoms with Crippen molar-refractivity contribution in [2.75, 3.05) is 30.8 Å². The first kappa shape index (κ1) is 27.5. The number of ether oxygens (including phenoxy) is 1. The molecule has 0 heterocycles. The average Bonchev–Trinajstić information content (AvgIpc) is 2.79. The summed E-state index contributed by atoms with van der Waals surface area (Å²) in [4.78, 5) is 27.7. The number of nitrogens with zero attached hydrogens (tertiary/aromatic N) is 2. The molecule has 34 heavy (non-hydrogen) atoms. The van der Waals surface area contributed by atoms with Crippen molar-refractivity contribution < 1.29 is 22.7 Å². The summed E-state index contributed by atoms with van der Waals surface area (Å²) in [6.07, 6.45) is 1.39. The number of sulfonamides is 1. The summed E-state index contributed by atoms with van der Waals surface area (Å²) in [5.74, 6) is -0.135. The molecule has 10 heteroatoms. The molecule has 2 rings (SSSR count). The molecule has 2 amide bonds. The Kier molecular flexibility index (Phi) is 9.76. The van der Waals surface area contributed by atoms with Crippen LogP contribution in [0.1, 0.15) is 31.4 Å². The summed E-state index contributed by atoms with van der Waals surface area (Å²) in [6, 6.07) is 11.2. The minimum absolute atomic E-state index is 0.130. The Labute approximate surface area is 206 Å². The van der Waals surface area contributed by atoms with Crippen molar-refractivity contribution in [2.45, 2.75) is 39.8 Å². The lowest BCUT2D eigenvalue weighted by Crippen LogP contribution is -2.52. The van der Waals surface area contributed by atoms with Gasteiger partial charge in [0.15, 0.2) is 0 Å². The fourth-order valence-corrected chi connectivity index (χ4v) is 4.51. The third kappa shape index (κ3) is 7.11. The lowest BCUT2D eigenvalue weighted by molar-refractivity contribution is -0.140. The molecule has 0 aliphatic carbocycles. The summed E-state index contributed by atoms with van der Waals surface area (Å²) in [5.41, 5.74) is 1.84. The average molecular weight is 510 g/mol. The van der Waals surface area contributed by atoms with Crippen LogP contribution in [-0.4, -0.2) is 57.6 Å². The van der Waals surface area contributed by atoms with Gasteiger partial charge >= 0.3 is 0 Å². The molecule has 0 aromatic heterocycles. The van der Waals surface area contributed by atoms with Crippen molar-refractivity contribution in [1.82, 2.24) is 10.2 Å². The predicted molar refractivity (Wildman–Crippen MR) is 135 cm³/mol. The lowest BCUT2D eigenvalue weighted by Gasteiger charge is -2.33. The number of halogens is 1. The Hall–Kier alpha value is -2.78. The highest BCUT2D eigenvalue weighted by Gasteiger charge is 2.31. The van der Waals surface area contributed by atoms with E-state index in [4.69, 9.17) is 16.3 Å². The zero-order chi connectivity index (χ0) is 25.5. The van der Waals surface area contributed by atoms with Crippen molar-refractivity contribution in [3.8, 4) is 5.75 Å². The van der Waals surface area contributed by atoms with Gasteiger partial charge in [0.1, 0.15) is 18.3 Å². The standard InChI is InChI=1S/C24H32ClN3O5S/c1-6-22(24(30)26-7-2)27(15-18-9-12-20(33-4)13-10-18)23(29)16-28(34(5,31)32)19-11-8-17(3)21(25)14-19/h8-14,22H,6-7,15-16H2,1-5H3,(H,26,30). The Bertz CT molecular complexity index is 1110. The Morgan fingerprint density at radius 3 is 2.26 bits per heavy atom. The maximum absolute atomic E-state index is 13.5. The van der Waals surface area contributed by atoms with Gasteiger partial charge in [-0.3, -0.25) is 13.9 Å². The van der Waals surface area contributed by atoms with Crippen molar-refractivity contribution in [1.29, 1.82) is 0 Å². The number of anilines is 1. The van der Waals surface area contributed by atoms with Gasteiger partial charge in [-0.2, -0.15) is 0 Å². The van der Waals surface area contributed by atoms with E-state index in [1.165, 1.54) is 11.0 Å². The van der Waals surface area contributed by atoms with Crippen LogP contribution in [0.4, 0.5) is 5.69 Å². The Balaban J connectivity index is 2.44. The number of carbonyl (C=O) groups excluding carboxylic acids is 2. The lowest BCUT2D eigenvalue weighted by atomic mass is 10.1. The molecule has 0 bridgehead atoms. The van der Waals surface area contributed by atoms with E-state index in [1.54, 1.807) is 57.4 Å². The summed E-state index contributed by atoms with van der Waals surface area (Å²) in [7, 11) is -2.25. The van der Waals surface area contributed by atoms with Crippen LogP contribution in [0.5, 0.6) is 5.75 Å². The van der Waals surface area contributed by atoms with Crippen LogP contribution in [0.15, 0.2) is 42.5 Å². The van der Waals surface area contributed by atoms with Gasteiger partial charge in [-0.25, -0.2) is 8.42 Å². The quantitative estimate of drug-likeness (QED) is 0.501. The third-order valence-electron chi connectivity index (χ3n) is 5.37. The summed E-state index contributed by atoms with van der Waals surface area (Å²) >= 11 is 6.21. The molecule has 0 aliphatic rings. The zero-order valence-corrected chi connectivity index (χ0v) is 21.7. The normalized spacial score (nSPS) is 12.1. The summed E-state index contributed by atoms with van der Waals surface area (Å²) in [5, 5.41) is 3.15. The molecule has 1 unspecified atom stereocenters.